The smallest absolute Gasteiger partial charge is 0.337 e. The summed E-state index contributed by atoms with van der Waals surface area (Å²) < 4.78 is 0. The second kappa shape index (κ2) is 8.33. The fourth-order valence-corrected chi connectivity index (χ4v) is 2.94. The number of carbonyl (C=O) groups is 2. The number of hydrazone groups is 1. The van der Waals surface area contributed by atoms with Crippen molar-refractivity contribution < 1.29 is 25.3 Å². The van der Waals surface area contributed by atoms with Crippen molar-refractivity contribution in [3.05, 3.63) is 95.6 Å². The van der Waals surface area contributed by atoms with Gasteiger partial charge in [-0.1, -0.05) is 42.5 Å². The zero-order chi connectivity index (χ0) is 20.4. The van der Waals surface area contributed by atoms with Crippen LogP contribution in [0.1, 0.15) is 26.3 Å². The minimum absolute atomic E-state index is 0. The van der Waals surface area contributed by atoms with Crippen molar-refractivity contribution in [1.82, 2.24) is 5.43 Å². The standard InChI is InChI=1S/C21H16N4O4.H2O/c26-20(27)15-12-10-14(11-13-15)19-22-24(16-6-2-1-3-7-16)25(23-19)18-9-5-4-8-17(18)21(28)29;/h1-13H,(H,22,23)(H,26,27)(H,28,29);1H2. The number of benzene rings is 3. The molecule has 5 N–H and O–H groups in total. The lowest BCUT2D eigenvalue weighted by Crippen LogP contribution is -2.45. The lowest BCUT2D eigenvalue weighted by atomic mass is 10.1. The molecule has 0 spiro atoms. The SMILES string of the molecule is O.O=C(O)c1ccc(C2=NN(c3ccccc3)N(c3ccccc3C(=O)O)N2)cc1. The maximum absolute atomic E-state index is 11.7. The Labute approximate surface area is 171 Å². The van der Waals surface area contributed by atoms with Gasteiger partial charge in [0.2, 0.25) is 0 Å². The maximum Gasteiger partial charge on any atom is 0.337 e. The number of amidine groups is 1. The number of nitrogens with zero attached hydrogens (tertiary/aromatic N) is 3. The van der Waals surface area contributed by atoms with Crippen molar-refractivity contribution in [2.45, 2.75) is 0 Å². The predicted octanol–water partition coefficient (Wildman–Crippen LogP) is 2.37. The Bertz CT molecular complexity index is 1100. The third kappa shape index (κ3) is 3.77. The van der Waals surface area contributed by atoms with E-state index in [1.807, 2.05) is 30.3 Å². The number of carboxylic acids is 2. The summed E-state index contributed by atoms with van der Waals surface area (Å²) in [4.78, 5) is 22.8. The molecule has 0 saturated carbocycles. The van der Waals surface area contributed by atoms with Crippen molar-refractivity contribution in [3.63, 3.8) is 0 Å². The van der Waals surface area contributed by atoms with E-state index in [1.165, 1.54) is 18.2 Å². The molecule has 9 heteroatoms. The Kier molecular flexibility index (Phi) is 5.66. The number of hydrogen-bond acceptors (Lipinski definition) is 6. The number of para-hydroxylation sites is 2. The Hall–Kier alpha value is -4.37. The summed E-state index contributed by atoms with van der Waals surface area (Å²) in [6, 6.07) is 22.1. The van der Waals surface area contributed by atoms with Gasteiger partial charge in [-0.2, -0.15) is 10.2 Å². The van der Waals surface area contributed by atoms with Crippen LogP contribution in [0.2, 0.25) is 0 Å². The van der Waals surface area contributed by atoms with Crippen molar-refractivity contribution in [2.75, 3.05) is 10.2 Å². The molecule has 0 amide bonds. The number of hydrogen-bond donors (Lipinski definition) is 3. The number of rotatable bonds is 5. The Balaban J connectivity index is 0.00000256. The van der Waals surface area contributed by atoms with Crippen molar-refractivity contribution >= 4 is 29.1 Å². The van der Waals surface area contributed by atoms with Crippen LogP contribution in [0.15, 0.2) is 84.0 Å². The molecule has 9 nitrogen and oxygen atoms in total. The third-order valence-corrected chi connectivity index (χ3v) is 4.35. The Morgan fingerprint density at radius 1 is 0.800 bits per heavy atom. The van der Waals surface area contributed by atoms with E-state index in [9.17, 15) is 14.7 Å². The van der Waals surface area contributed by atoms with E-state index >= 15 is 0 Å². The van der Waals surface area contributed by atoms with Gasteiger partial charge >= 0.3 is 11.9 Å². The number of nitrogens with one attached hydrogen (secondary N) is 1. The predicted molar refractivity (Wildman–Crippen MR) is 111 cm³/mol. The average molecular weight is 406 g/mol. The van der Waals surface area contributed by atoms with Crippen LogP contribution in [-0.2, 0) is 0 Å². The Morgan fingerprint density at radius 3 is 2.07 bits per heavy atom. The summed E-state index contributed by atoms with van der Waals surface area (Å²) in [5, 5.41) is 26.4. The molecule has 0 aromatic heterocycles. The summed E-state index contributed by atoms with van der Waals surface area (Å²) in [5.41, 5.74) is 5.18. The molecule has 0 bridgehead atoms. The van der Waals surface area contributed by atoms with Gasteiger partial charge in [0.15, 0.2) is 5.84 Å². The van der Waals surface area contributed by atoms with Crippen LogP contribution in [0.25, 0.3) is 0 Å². The topological polar surface area (TPSA) is 137 Å². The molecule has 152 valence electrons. The van der Waals surface area contributed by atoms with Crippen molar-refractivity contribution in [3.8, 4) is 0 Å². The second-order valence-electron chi connectivity index (χ2n) is 6.20. The van der Waals surface area contributed by atoms with E-state index in [-0.39, 0.29) is 16.6 Å². The quantitative estimate of drug-likeness (QED) is 0.591. The van der Waals surface area contributed by atoms with Gasteiger partial charge in [0.05, 0.1) is 22.5 Å². The van der Waals surface area contributed by atoms with Crippen LogP contribution in [0.3, 0.4) is 0 Å². The first-order valence-corrected chi connectivity index (χ1v) is 8.71. The minimum Gasteiger partial charge on any atom is -0.478 e. The molecule has 4 rings (SSSR count). The first-order chi connectivity index (χ1) is 14.0. The van der Waals surface area contributed by atoms with Crippen molar-refractivity contribution in [1.29, 1.82) is 0 Å². The highest BCUT2D eigenvalue weighted by Gasteiger charge is 2.29. The van der Waals surface area contributed by atoms with E-state index in [4.69, 9.17) is 5.11 Å². The fraction of sp³-hybridized carbons (Fsp3) is 0. The normalized spacial score (nSPS) is 12.6. The van der Waals surface area contributed by atoms with Gasteiger partial charge in [-0.15, -0.1) is 5.10 Å². The van der Waals surface area contributed by atoms with Gasteiger partial charge in [-0.05, 0) is 36.4 Å². The molecular formula is C21H18N4O5. The van der Waals surface area contributed by atoms with Gasteiger partial charge in [-0.3, -0.25) is 5.43 Å². The van der Waals surface area contributed by atoms with Crippen molar-refractivity contribution in [2.24, 2.45) is 5.10 Å². The van der Waals surface area contributed by atoms with E-state index in [0.29, 0.717) is 17.1 Å². The number of anilines is 2. The molecule has 0 radical (unpaired) electrons. The Morgan fingerprint density at radius 2 is 1.43 bits per heavy atom. The molecule has 1 aliphatic rings. The molecule has 1 heterocycles. The van der Waals surface area contributed by atoms with E-state index in [0.717, 1.165) is 5.69 Å². The summed E-state index contributed by atoms with van der Waals surface area (Å²) in [6.45, 7) is 0. The first-order valence-electron chi connectivity index (χ1n) is 8.71. The van der Waals surface area contributed by atoms with Crippen LogP contribution in [0.5, 0.6) is 0 Å². The molecule has 3 aromatic rings. The average Bonchev–Trinajstić information content (AvgIpc) is 3.20. The molecule has 0 aliphatic carbocycles. The first kappa shape index (κ1) is 20.4. The summed E-state index contributed by atoms with van der Waals surface area (Å²) >= 11 is 0. The van der Waals surface area contributed by atoms with Gasteiger partial charge in [-0.25, -0.2) is 9.59 Å². The maximum atomic E-state index is 11.7. The minimum atomic E-state index is -1.06. The molecule has 0 fully saturated rings. The number of aromatic carboxylic acids is 2. The van der Waals surface area contributed by atoms with Gasteiger partial charge in [0.1, 0.15) is 0 Å². The highest BCUT2D eigenvalue weighted by Crippen LogP contribution is 2.28. The van der Waals surface area contributed by atoms with Crippen LogP contribution < -0.4 is 15.7 Å². The van der Waals surface area contributed by atoms with Gasteiger partial charge in [0, 0.05) is 5.56 Å². The van der Waals surface area contributed by atoms with E-state index in [2.05, 4.69) is 10.5 Å². The summed E-state index contributed by atoms with van der Waals surface area (Å²) in [5.74, 6) is -1.62. The second-order valence-corrected chi connectivity index (χ2v) is 6.20. The zero-order valence-electron chi connectivity index (χ0n) is 15.6. The molecule has 0 atom stereocenters. The van der Waals surface area contributed by atoms with Crippen LogP contribution in [0.4, 0.5) is 11.4 Å². The van der Waals surface area contributed by atoms with Crippen LogP contribution >= 0.6 is 0 Å². The molecule has 0 saturated heterocycles. The zero-order valence-corrected chi connectivity index (χ0v) is 15.6. The summed E-state index contributed by atoms with van der Waals surface area (Å²) in [6.07, 6.45) is 0. The lowest BCUT2D eigenvalue weighted by molar-refractivity contribution is 0.0686. The van der Waals surface area contributed by atoms with Gasteiger partial charge < -0.3 is 15.7 Å². The number of hydrazine groups is 2. The molecule has 0 unspecified atom stereocenters. The molecule has 3 aromatic carbocycles. The van der Waals surface area contributed by atoms with Gasteiger partial charge in [0.25, 0.3) is 0 Å². The molecule has 30 heavy (non-hydrogen) atoms. The molecule has 1 aliphatic heterocycles. The van der Waals surface area contributed by atoms with Crippen LogP contribution in [0, 0.1) is 0 Å². The lowest BCUT2D eigenvalue weighted by Gasteiger charge is -2.28. The van der Waals surface area contributed by atoms with Crippen LogP contribution in [-0.4, -0.2) is 33.5 Å². The monoisotopic (exact) mass is 406 g/mol. The largest absolute Gasteiger partial charge is 0.478 e. The third-order valence-electron chi connectivity index (χ3n) is 4.35. The van der Waals surface area contributed by atoms with E-state index in [1.54, 1.807) is 40.6 Å². The number of carboxylic acid groups (broad SMARTS) is 2. The highest BCUT2D eigenvalue weighted by atomic mass is 16.4. The highest BCUT2D eigenvalue weighted by molar-refractivity contribution is 6.04. The van der Waals surface area contributed by atoms with E-state index < -0.39 is 11.9 Å². The fourth-order valence-electron chi connectivity index (χ4n) is 2.94. The molecular weight excluding hydrogens is 388 g/mol. The summed E-state index contributed by atoms with van der Waals surface area (Å²) in [7, 11) is 0.